The number of hydrogen-bond acceptors (Lipinski definition) is 4. The van der Waals surface area contributed by atoms with Gasteiger partial charge in [-0.2, -0.15) is 0 Å². The summed E-state index contributed by atoms with van der Waals surface area (Å²) in [5.41, 5.74) is 0. The lowest BCUT2D eigenvalue weighted by molar-refractivity contribution is -0.148. The third kappa shape index (κ3) is 3.53. The van der Waals surface area contributed by atoms with Crippen molar-refractivity contribution in [3.63, 3.8) is 0 Å². The van der Waals surface area contributed by atoms with E-state index >= 15 is 0 Å². The molecule has 3 saturated heterocycles. The minimum absolute atomic E-state index is 0.00533. The lowest BCUT2D eigenvalue weighted by Crippen LogP contribution is -2.54. The molecule has 0 spiro atoms. The first-order chi connectivity index (χ1) is 12.5. The molecular weight excluding hydrogens is 330 g/mol. The topological polar surface area (TPSA) is 60.9 Å². The molecule has 2 amide bonds. The number of amides is 2. The van der Waals surface area contributed by atoms with Crippen LogP contribution in [0.5, 0.6) is 0 Å². The normalized spacial score (nSPS) is 29.8. The Bertz CT molecular complexity index is 563. The van der Waals surface area contributed by atoms with Crippen LogP contribution in [0.2, 0.25) is 0 Å². The maximum atomic E-state index is 13.2. The molecule has 0 aromatic heterocycles. The van der Waals surface area contributed by atoms with Crippen LogP contribution in [0.4, 0.5) is 0 Å². The lowest BCUT2D eigenvalue weighted by Gasteiger charge is -2.35. The summed E-state index contributed by atoms with van der Waals surface area (Å²) in [6, 6.07) is -0.394. The number of Topliss-reactive ketones (excluding diaryl/α,β-unsaturated/α-hetero) is 1. The van der Waals surface area contributed by atoms with Crippen molar-refractivity contribution in [1.29, 1.82) is 0 Å². The van der Waals surface area contributed by atoms with Gasteiger partial charge in [0.2, 0.25) is 11.8 Å². The molecule has 0 N–H and O–H groups in total. The molecule has 0 aromatic carbocycles. The Morgan fingerprint density at radius 3 is 1.92 bits per heavy atom. The van der Waals surface area contributed by atoms with Crippen LogP contribution in [0.1, 0.15) is 65.7 Å². The van der Waals surface area contributed by atoms with E-state index in [1.165, 1.54) is 0 Å². The Morgan fingerprint density at radius 1 is 0.808 bits per heavy atom. The SMILES string of the molecule is CCC(=O)C1CCCN1C(=O)C1CCCN1C(=O)C1CCCN1C(C)C. The highest BCUT2D eigenvalue weighted by Gasteiger charge is 2.44. The van der Waals surface area contributed by atoms with Crippen LogP contribution in [0.25, 0.3) is 0 Å². The zero-order valence-corrected chi connectivity index (χ0v) is 16.4. The van der Waals surface area contributed by atoms with E-state index < -0.39 is 0 Å². The fourth-order valence-electron chi connectivity index (χ4n) is 4.94. The Labute approximate surface area is 156 Å². The summed E-state index contributed by atoms with van der Waals surface area (Å²) < 4.78 is 0. The van der Waals surface area contributed by atoms with E-state index in [1.807, 2.05) is 11.8 Å². The largest absolute Gasteiger partial charge is 0.331 e. The second kappa shape index (κ2) is 8.07. The quantitative estimate of drug-likeness (QED) is 0.748. The molecule has 0 radical (unpaired) electrons. The molecule has 3 heterocycles. The van der Waals surface area contributed by atoms with Gasteiger partial charge in [-0.1, -0.05) is 6.92 Å². The van der Waals surface area contributed by atoms with Gasteiger partial charge in [-0.15, -0.1) is 0 Å². The van der Waals surface area contributed by atoms with Gasteiger partial charge in [0, 0.05) is 25.6 Å². The molecule has 3 fully saturated rings. The number of hydrogen-bond donors (Lipinski definition) is 0. The van der Waals surface area contributed by atoms with E-state index in [0.717, 1.165) is 45.1 Å². The Morgan fingerprint density at radius 2 is 1.31 bits per heavy atom. The van der Waals surface area contributed by atoms with Gasteiger partial charge in [0.15, 0.2) is 5.78 Å². The summed E-state index contributed by atoms with van der Waals surface area (Å²) in [7, 11) is 0. The number of carbonyl (C=O) groups is 3. The minimum Gasteiger partial charge on any atom is -0.331 e. The smallest absolute Gasteiger partial charge is 0.245 e. The van der Waals surface area contributed by atoms with E-state index in [4.69, 9.17) is 0 Å². The third-order valence-corrected chi connectivity index (χ3v) is 6.32. The molecule has 26 heavy (non-hydrogen) atoms. The lowest BCUT2D eigenvalue weighted by atomic mass is 10.1. The Balaban J connectivity index is 1.72. The molecule has 6 heteroatoms. The van der Waals surface area contributed by atoms with Crippen LogP contribution in [0, 0.1) is 0 Å². The van der Waals surface area contributed by atoms with Crippen molar-refractivity contribution in [2.45, 2.75) is 89.9 Å². The highest BCUT2D eigenvalue weighted by molar-refractivity contribution is 5.94. The molecule has 146 valence electrons. The summed E-state index contributed by atoms with van der Waals surface area (Å²) in [4.78, 5) is 44.5. The first kappa shape index (κ1) is 19.3. The van der Waals surface area contributed by atoms with Crippen LogP contribution >= 0.6 is 0 Å². The third-order valence-electron chi connectivity index (χ3n) is 6.32. The van der Waals surface area contributed by atoms with Crippen LogP contribution in [-0.2, 0) is 14.4 Å². The van der Waals surface area contributed by atoms with Gasteiger partial charge in [-0.05, 0) is 58.9 Å². The number of likely N-dealkylation sites (tertiary alicyclic amines) is 3. The molecule has 3 aliphatic rings. The molecule has 3 unspecified atom stereocenters. The monoisotopic (exact) mass is 363 g/mol. The van der Waals surface area contributed by atoms with E-state index in [9.17, 15) is 14.4 Å². The molecular formula is C20H33N3O3. The van der Waals surface area contributed by atoms with E-state index in [2.05, 4.69) is 18.7 Å². The standard InChI is InChI=1S/C20H33N3O3/c1-4-18(24)15-8-5-12-22(15)20(26)17-10-7-13-23(17)19(25)16-9-6-11-21(16)14(2)3/h14-17H,4-13H2,1-3H3. The van der Waals surface area contributed by atoms with Gasteiger partial charge < -0.3 is 9.80 Å². The Hall–Kier alpha value is -1.43. The first-order valence-corrected chi connectivity index (χ1v) is 10.3. The van der Waals surface area contributed by atoms with Crippen molar-refractivity contribution in [2.24, 2.45) is 0 Å². The fraction of sp³-hybridized carbons (Fsp3) is 0.850. The molecule has 3 atom stereocenters. The second-order valence-corrected chi connectivity index (χ2v) is 8.19. The van der Waals surface area contributed by atoms with Crippen molar-refractivity contribution < 1.29 is 14.4 Å². The van der Waals surface area contributed by atoms with Crippen molar-refractivity contribution in [3.8, 4) is 0 Å². The zero-order chi connectivity index (χ0) is 18.8. The zero-order valence-electron chi connectivity index (χ0n) is 16.4. The summed E-state index contributed by atoms with van der Waals surface area (Å²) >= 11 is 0. The molecule has 0 aliphatic carbocycles. The molecule has 6 nitrogen and oxygen atoms in total. The number of nitrogens with zero attached hydrogens (tertiary/aromatic N) is 3. The van der Waals surface area contributed by atoms with E-state index in [0.29, 0.717) is 25.6 Å². The van der Waals surface area contributed by atoms with Crippen LogP contribution in [0.3, 0.4) is 0 Å². The van der Waals surface area contributed by atoms with Crippen molar-refractivity contribution >= 4 is 17.6 Å². The average Bonchev–Trinajstić information content (AvgIpc) is 3.39. The maximum Gasteiger partial charge on any atom is 0.245 e. The van der Waals surface area contributed by atoms with Gasteiger partial charge in [0.05, 0.1) is 12.1 Å². The number of ketones is 1. The van der Waals surface area contributed by atoms with E-state index in [-0.39, 0.29) is 35.7 Å². The molecule has 0 bridgehead atoms. The molecule has 3 aliphatic heterocycles. The first-order valence-electron chi connectivity index (χ1n) is 10.3. The van der Waals surface area contributed by atoms with Gasteiger partial charge in [0.25, 0.3) is 0 Å². The maximum absolute atomic E-state index is 13.2. The minimum atomic E-state index is -0.373. The summed E-state index contributed by atoms with van der Waals surface area (Å²) in [6.07, 6.45) is 5.64. The fourth-order valence-corrected chi connectivity index (χ4v) is 4.94. The van der Waals surface area contributed by atoms with Crippen LogP contribution in [0.15, 0.2) is 0 Å². The number of carbonyl (C=O) groups excluding carboxylic acids is 3. The van der Waals surface area contributed by atoms with E-state index in [1.54, 1.807) is 4.90 Å². The highest BCUT2D eigenvalue weighted by Crippen LogP contribution is 2.29. The van der Waals surface area contributed by atoms with Gasteiger partial charge in [-0.25, -0.2) is 0 Å². The van der Waals surface area contributed by atoms with Gasteiger partial charge in [0.1, 0.15) is 6.04 Å². The van der Waals surface area contributed by atoms with Gasteiger partial charge >= 0.3 is 0 Å². The average molecular weight is 364 g/mol. The number of rotatable bonds is 5. The highest BCUT2D eigenvalue weighted by atomic mass is 16.2. The summed E-state index contributed by atoms with van der Waals surface area (Å²) in [5, 5.41) is 0. The van der Waals surface area contributed by atoms with Crippen molar-refractivity contribution in [2.75, 3.05) is 19.6 Å². The Kier molecular flexibility index (Phi) is 6.00. The molecule has 0 saturated carbocycles. The molecule has 3 rings (SSSR count). The summed E-state index contributed by atoms with van der Waals surface area (Å²) in [6.45, 7) is 8.38. The van der Waals surface area contributed by atoms with Crippen LogP contribution in [-0.4, -0.2) is 76.1 Å². The summed E-state index contributed by atoms with van der Waals surface area (Å²) in [5.74, 6) is 0.257. The van der Waals surface area contributed by atoms with Gasteiger partial charge in [-0.3, -0.25) is 19.3 Å². The molecule has 0 aromatic rings. The van der Waals surface area contributed by atoms with Crippen molar-refractivity contribution in [3.05, 3.63) is 0 Å². The second-order valence-electron chi connectivity index (χ2n) is 8.19. The predicted molar refractivity (Wildman–Crippen MR) is 99.6 cm³/mol. The predicted octanol–water partition coefficient (Wildman–Crippen LogP) is 1.82. The van der Waals surface area contributed by atoms with Crippen LogP contribution < -0.4 is 0 Å². The van der Waals surface area contributed by atoms with Crippen molar-refractivity contribution in [1.82, 2.24) is 14.7 Å².